The monoisotopic (exact) mass is 409 g/mol. The van der Waals surface area contributed by atoms with Crippen molar-refractivity contribution < 1.29 is 18.0 Å². The molecule has 3 fully saturated rings. The molecule has 1 heterocycles. The van der Waals surface area contributed by atoms with E-state index in [9.17, 15) is 18.0 Å². The number of carbonyl (C=O) groups is 1. The van der Waals surface area contributed by atoms with Gasteiger partial charge in [0.1, 0.15) is 0 Å². The lowest BCUT2D eigenvalue weighted by molar-refractivity contribution is -0.137. The van der Waals surface area contributed by atoms with E-state index in [-0.39, 0.29) is 11.8 Å². The molecule has 160 valence electrons. The molecule has 1 aromatic carbocycles. The molecule has 1 aliphatic heterocycles. The van der Waals surface area contributed by atoms with Crippen LogP contribution in [0.4, 0.5) is 18.9 Å². The van der Waals surface area contributed by atoms with Crippen molar-refractivity contribution in [2.75, 3.05) is 37.6 Å². The fourth-order valence-corrected chi connectivity index (χ4v) is 4.71. The minimum Gasteiger partial charge on any atom is -0.369 e. The summed E-state index contributed by atoms with van der Waals surface area (Å²) in [6.45, 7) is 4.32. The van der Waals surface area contributed by atoms with Gasteiger partial charge in [-0.2, -0.15) is 13.2 Å². The van der Waals surface area contributed by atoms with Crippen LogP contribution in [0.15, 0.2) is 24.3 Å². The first-order valence-electron chi connectivity index (χ1n) is 10.8. The van der Waals surface area contributed by atoms with Crippen LogP contribution in [0.1, 0.15) is 44.1 Å². The van der Waals surface area contributed by atoms with E-state index in [1.807, 2.05) is 0 Å². The average molecular weight is 409 g/mol. The maximum Gasteiger partial charge on any atom is 0.416 e. The van der Waals surface area contributed by atoms with Crippen LogP contribution in [0.5, 0.6) is 0 Å². The Bertz CT molecular complexity index is 692. The first-order valence-corrected chi connectivity index (χ1v) is 10.8. The summed E-state index contributed by atoms with van der Waals surface area (Å²) in [5.41, 5.74) is 0.236. The quantitative estimate of drug-likeness (QED) is 0.801. The largest absolute Gasteiger partial charge is 0.416 e. The second-order valence-corrected chi connectivity index (χ2v) is 8.78. The summed E-state index contributed by atoms with van der Waals surface area (Å²) in [6, 6.07) is 5.81. The normalized spacial score (nSPS) is 26.4. The van der Waals surface area contributed by atoms with E-state index in [4.69, 9.17) is 0 Å². The Balaban J connectivity index is 1.19. The van der Waals surface area contributed by atoms with Crippen LogP contribution in [-0.4, -0.2) is 49.6 Å². The second-order valence-electron chi connectivity index (χ2n) is 8.78. The summed E-state index contributed by atoms with van der Waals surface area (Å²) in [5, 5.41) is 3.25. The Morgan fingerprint density at radius 3 is 2.28 bits per heavy atom. The van der Waals surface area contributed by atoms with E-state index in [1.54, 1.807) is 12.1 Å². The number of nitrogens with one attached hydrogen (secondary N) is 1. The highest BCUT2D eigenvalue weighted by molar-refractivity contribution is 5.81. The summed E-state index contributed by atoms with van der Waals surface area (Å²) in [4.78, 5) is 17.0. The Labute approximate surface area is 170 Å². The van der Waals surface area contributed by atoms with Crippen molar-refractivity contribution in [1.82, 2.24) is 10.2 Å². The van der Waals surface area contributed by atoms with Gasteiger partial charge in [-0.3, -0.25) is 9.69 Å². The van der Waals surface area contributed by atoms with Crippen LogP contribution in [0, 0.1) is 11.8 Å². The zero-order valence-corrected chi connectivity index (χ0v) is 16.8. The number of piperazine rings is 1. The van der Waals surface area contributed by atoms with Gasteiger partial charge in [-0.05, 0) is 49.4 Å². The van der Waals surface area contributed by atoms with Gasteiger partial charge in [0.15, 0.2) is 0 Å². The third-order valence-electron chi connectivity index (χ3n) is 6.64. The number of hydrogen-bond acceptors (Lipinski definition) is 3. The lowest BCUT2D eigenvalue weighted by atomic mass is 9.95. The van der Waals surface area contributed by atoms with Crippen molar-refractivity contribution in [3.63, 3.8) is 0 Å². The van der Waals surface area contributed by atoms with E-state index < -0.39 is 11.7 Å². The molecule has 0 spiro atoms. The molecule has 2 aliphatic carbocycles. The van der Waals surface area contributed by atoms with Gasteiger partial charge in [-0.25, -0.2) is 0 Å². The fraction of sp³-hybridized carbons (Fsp3) is 0.682. The van der Waals surface area contributed by atoms with Gasteiger partial charge in [-0.15, -0.1) is 0 Å². The van der Waals surface area contributed by atoms with Crippen molar-refractivity contribution in [1.29, 1.82) is 0 Å². The second kappa shape index (κ2) is 8.54. The van der Waals surface area contributed by atoms with Gasteiger partial charge in [0.25, 0.3) is 0 Å². The average Bonchev–Trinajstić information content (AvgIpc) is 3.48. The number of benzene rings is 1. The third-order valence-corrected chi connectivity index (χ3v) is 6.64. The highest BCUT2D eigenvalue weighted by Gasteiger charge is 2.44. The minimum atomic E-state index is -4.29. The highest BCUT2D eigenvalue weighted by atomic mass is 19.4. The maximum atomic E-state index is 12.7. The number of anilines is 1. The Kier molecular flexibility index (Phi) is 6.04. The van der Waals surface area contributed by atoms with Crippen molar-refractivity contribution in [2.45, 2.75) is 50.7 Å². The zero-order valence-electron chi connectivity index (χ0n) is 16.8. The summed E-state index contributed by atoms with van der Waals surface area (Å²) < 4.78 is 38.1. The van der Waals surface area contributed by atoms with Gasteiger partial charge in [0, 0.05) is 50.4 Å². The minimum absolute atomic E-state index is 0.171. The highest BCUT2D eigenvalue weighted by Crippen LogP contribution is 2.40. The summed E-state index contributed by atoms with van der Waals surface area (Å²) in [5.74, 6) is 0.867. The van der Waals surface area contributed by atoms with E-state index in [1.165, 1.54) is 19.3 Å². The number of rotatable bonds is 5. The molecule has 4 nitrogen and oxygen atoms in total. The summed E-state index contributed by atoms with van der Waals surface area (Å²) in [6.07, 6.45) is 2.67. The van der Waals surface area contributed by atoms with Crippen LogP contribution in [0.3, 0.4) is 0 Å². The molecule has 1 amide bonds. The van der Waals surface area contributed by atoms with Crippen molar-refractivity contribution in [2.24, 2.45) is 11.8 Å². The van der Waals surface area contributed by atoms with Gasteiger partial charge >= 0.3 is 6.18 Å². The lowest BCUT2D eigenvalue weighted by Crippen LogP contribution is -2.47. The number of hydrogen-bond donors (Lipinski definition) is 1. The number of alkyl halides is 3. The molecule has 2 atom stereocenters. The SMILES string of the molecule is O=C(NC1CCCCC1)[C@H]1C[C@@H]1CN1CCN(c2ccc(C(F)(F)F)cc2)CC1. The van der Waals surface area contributed by atoms with E-state index >= 15 is 0 Å². The van der Waals surface area contributed by atoms with Gasteiger partial charge in [0.2, 0.25) is 5.91 Å². The molecule has 29 heavy (non-hydrogen) atoms. The molecule has 3 aliphatic rings. The van der Waals surface area contributed by atoms with Crippen molar-refractivity contribution in [3.05, 3.63) is 29.8 Å². The molecule has 0 bridgehead atoms. The predicted octanol–water partition coefficient (Wildman–Crippen LogP) is 3.91. The predicted molar refractivity (Wildman–Crippen MR) is 107 cm³/mol. The standard InChI is InChI=1S/C22H30F3N3O/c23-22(24,25)17-6-8-19(9-7-17)28-12-10-27(11-13-28)15-16-14-20(16)21(29)26-18-4-2-1-3-5-18/h6-9,16,18,20H,1-5,10-15H2,(H,26,29)/t16-,20+/m1/s1. The van der Waals surface area contributed by atoms with Crippen molar-refractivity contribution >= 4 is 11.6 Å². The topological polar surface area (TPSA) is 35.6 Å². The Hall–Kier alpha value is -1.76. The van der Waals surface area contributed by atoms with E-state index in [0.29, 0.717) is 12.0 Å². The fourth-order valence-electron chi connectivity index (χ4n) is 4.71. The first kappa shape index (κ1) is 20.5. The van der Waals surface area contributed by atoms with E-state index in [2.05, 4.69) is 15.1 Å². The number of amides is 1. The first-order chi connectivity index (χ1) is 13.9. The molecule has 0 radical (unpaired) electrons. The van der Waals surface area contributed by atoms with Crippen LogP contribution < -0.4 is 10.2 Å². The van der Waals surface area contributed by atoms with Crippen molar-refractivity contribution in [3.8, 4) is 0 Å². The molecule has 1 aromatic rings. The van der Waals surface area contributed by atoms with Crippen LogP contribution >= 0.6 is 0 Å². The molecule has 1 N–H and O–H groups in total. The molecule has 7 heteroatoms. The molecule has 4 rings (SSSR count). The molecule has 2 saturated carbocycles. The van der Waals surface area contributed by atoms with Crippen LogP contribution in [0.2, 0.25) is 0 Å². The molecule has 0 aromatic heterocycles. The Morgan fingerprint density at radius 1 is 1.00 bits per heavy atom. The van der Waals surface area contributed by atoms with Gasteiger partial charge < -0.3 is 10.2 Å². The maximum absolute atomic E-state index is 12.7. The molecular weight excluding hydrogens is 379 g/mol. The van der Waals surface area contributed by atoms with Gasteiger partial charge in [0.05, 0.1) is 5.56 Å². The third kappa shape index (κ3) is 5.24. The molecular formula is C22H30F3N3O. The lowest BCUT2D eigenvalue weighted by Gasteiger charge is -2.36. The van der Waals surface area contributed by atoms with Gasteiger partial charge in [-0.1, -0.05) is 19.3 Å². The molecule has 1 saturated heterocycles. The zero-order chi connectivity index (χ0) is 20.4. The number of nitrogens with zero attached hydrogens (tertiary/aromatic N) is 2. The summed E-state index contributed by atoms with van der Waals surface area (Å²) >= 11 is 0. The molecule has 0 unspecified atom stereocenters. The van der Waals surface area contributed by atoms with E-state index in [0.717, 1.165) is 69.8 Å². The smallest absolute Gasteiger partial charge is 0.369 e. The summed E-state index contributed by atoms with van der Waals surface area (Å²) in [7, 11) is 0. The Morgan fingerprint density at radius 2 is 1.66 bits per heavy atom. The number of carbonyl (C=O) groups excluding carboxylic acids is 1. The van der Waals surface area contributed by atoms with Crippen LogP contribution in [0.25, 0.3) is 0 Å². The van der Waals surface area contributed by atoms with Crippen LogP contribution in [-0.2, 0) is 11.0 Å². The number of halogens is 3.